The van der Waals surface area contributed by atoms with Crippen molar-refractivity contribution in [2.45, 2.75) is 6.54 Å². The third-order valence-corrected chi connectivity index (χ3v) is 4.14. The first kappa shape index (κ1) is 18.4. The van der Waals surface area contributed by atoms with Crippen molar-refractivity contribution in [3.63, 3.8) is 0 Å². The Balaban J connectivity index is 1.58. The van der Waals surface area contributed by atoms with Gasteiger partial charge in [0.05, 0.1) is 7.11 Å². The molecule has 3 amide bonds. The second-order valence-corrected chi connectivity index (χ2v) is 5.97. The smallest absolute Gasteiger partial charge is 0.409 e. The number of carbonyl (C=O) groups is 2. The largest absolute Gasteiger partial charge is 0.453 e. The Labute approximate surface area is 146 Å². The number of urea groups is 1. The monoisotopic (exact) mass is 354 g/mol. The molecule has 8 heteroatoms. The van der Waals surface area contributed by atoms with Gasteiger partial charge in [0.1, 0.15) is 0 Å². The molecule has 1 fully saturated rings. The molecule has 0 aliphatic carbocycles. The number of halogens is 1. The molecule has 132 valence electrons. The van der Waals surface area contributed by atoms with Gasteiger partial charge in [0.25, 0.3) is 0 Å². The molecule has 0 spiro atoms. The number of rotatable bonds is 5. The van der Waals surface area contributed by atoms with Gasteiger partial charge >= 0.3 is 12.1 Å². The molecule has 0 saturated carbocycles. The summed E-state index contributed by atoms with van der Waals surface area (Å²) in [5.41, 5.74) is 0.994. The average molecular weight is 355 g/mol. The van der Waals surface area contributed by atoms with Gasteiger partial charge in [-0.2, -0.15) is 0 Å². The SMILES string of the molecule is COC(=O)N1CCN(CCNC(=O)NCc2ccc(Cl)cc2)CC1. The van der Waals surface area contributed by atoms with E-state index in [4.69, 9.17) is 16.3 Å². The third kappa shape index (κ3) is 5.90. The number of methoxy groups -OCH3 is 1. The lowest BCUT2D eigenvalue weighted by Gasteiger charge is -2.33. The van der Waals surface area contributed by atoms with Gasteiger partial charge in [-0.15, -0.1) is 0 Å². The van der Waals surface area contributed by atoms with Crippen LogP contribution < -0.4 is 10.6 Å². The van der Waals surface area contributed by atoms with Gasteiger partial charge in [0, 0.05) is 50.8 Å². The maximum Gasteiger partial charge on any atom is 0.409 e. The fourth-order valence-electron chi connectivity index (χ4n) is 2.46. The minimum absolute atomic E-state index is 0.196. The Bertz CT molecular complexity index is 545. The molecule has 2 rings (SSSR count). The summed E-state index contributed by atoms with van der Waals surface area (Å²) < 4.78 is 4.70. The highest BCUT2D eigenvalue weighted by atomic mass is 35.5. The highest BCUT2D eigenvalue weighted by Crippen LogP contribution is 2.09. The van der Waals surface area contributed by atoms with E-state index in [1.54, 1.807) is 17.0 Å². The van der Waals surface area contributed by atoms with E-state index in [1.165, 1.54) is 7.11 Å². The standard InChI is InChI=1S/C16H23ClN4O3/c1-24-16(23)21-10-8-20(9-11-21)7-6-18-15(22)19-12-13-2-4-14(17)5-3-13/h2-5H,6-12H2,1H3,(H2,18,19,22). The lowest BCUT2D eigenvalue weighted by molar-refractivity contribution is 0.0915. The van der Waals surface area contributed by atoms with E-state index in [-0.39, 0.29) is 12.1 Å². The zero-order chi connectivity index (χ0) is 17.4. The Morgan fingerprint density at radius 1 is 1.12 bits per heavy atom. The molecule has 1 aliphatic rings. The fraction of sp³-hybridized carbons (Fsp3) is 0.500. The van der Waals surface area contributed by atoms with Gasteiger partial charge in [0.15, 0.2) is 0 Å². The zero-order valence-corrected chi connectivity index (χ0v) is 14.5. The lowest BCUT2D eigenvalue weighted by Crippen LogP contribution is -2.50. The number of benzene rings is 1. The van der Waals surface area contributed by atoms with Crippen LogP contribution in [-0.2, 0) is 11.3 Å². The second kappa shape index (κ2) is 9.34. The molecule has 0 unspecified atom stereocenters. The predicted octanol–water partition coefficient (Wildman–Crippen LogP) is 1.52. The van der Waals surface area contributed by atoms with E-state index in [1.807, 2.05) is 12.1 Å². The fourth-order valence-corrected chi connectivity index (χ4v) is 2.58. The van der Waals surface area contributed by atoms with Crippen LogP contribution in [0.25, 0.3) is 0 Å². The topological polar surface area (TPSA) is 73.9 Å². The maximum absolute atomic E-state index is 11.8. The zero-order valence-electron chi connectivity index (χ0n) is 13.8. The molecule has 0 radical (unpaired) electrons. The van der Waals surface area contributed by atoms with Crippen LogP contribution in [0, 0.1) is 0 Å². The van der Waals surface area contributed by atoms with Crippen molar-refractivity contribution in [1.82, 2.24) is 20.4 Å². The van der Waals surface area contributed by atoms with Crippen LogP contribution in [0.4, 0.5) is 9.59 Å². The molecule has 1 aromatic carbocycles. The Kier molecular flexibility index (Phi) is 7.14. The Morgan fingerprint density at radius 2 is 1.79 bits per heavy atom. The highest BCUT2D eigenvalue weighted by Gasteiger charge is 2.20. The molecule has 0 bridgehead atoms. The minimum Gasteiger partial charge on any atom is -0.453 e. The molecule has 2 N–H and O–H groups in total. The Morgan fingerprint density at radius 3 is 2.42 bits per heavy atom. The summed E-state index contributed by atoms with van der Waals surface area (Å²) in [4.78, 5) is 27.1. The molecular formula is C16H23ClN4O3. The predicted molar refractivity (Wildman–Crippen MR) is 92.1 cm³/mol. The van der Waals surface area contributed by atoms with Crippen LogP contribution in [0.2, 0.25) is 5.02 Å². The van der Waals surface area contributed by atoms with E-state index in [2.05, 4.69) is 15.5 Å². The van der Waals surface area contributed by atoms with Crippen LogP contribution in [-0.4, -0.2) is 68.3 Å². The first-order valence-electron chi connectivity index (χ1n) is 7.90. The average Bonchev–Trinajstić information content (AvgIpc) is 2.61. The summed E-state index contributed by atoms with van der Waals surface area (Å²) in [6.45, 7) is 4.63. The summed E-state index contributed by atoms with van der Waals surface area (Å²) in [7, 11) is 1.39. The van der Waals surface area contributed by atoms with Gasteiger partial charge in [-0.05, 0) is 17.7 Å². The summed E-state index contributed by atoms with van der Waals surface area (Å²) in [6, 6.07) is 7.15. The summed E-state index contributed by atoms with van der Waals surface area (Å²) >= 11 is 5.82. The van der Waals surface area contributed by atoms with Gasteiger partial charge in [-0.3, -0.25) is 4.90 Å². The molecule has 24 heavy (non-hydrogen) atoms. The lowest BCUT2D eigenvalue weighted by atomic mass is 10.2. The summed E-state index contributed by atoms with van der Waals surface area (Å²) in [5, 5.41) is 6.31. The van der Waals surface area contributed by atoms with Crippen molar-refractivity contribution >= 4 is 23.7 Å². The second-order valence-electron chi connectivity index (χ2n) is 5.53. The van der Waals surface area contributed by atoms with E-state index in [0.29, 0.717) is 31.2 Å². The van der Waals surface area contributed by atoms with Crippen LogP contribution in [0.15, 0.2) is 24.3 Å². The number of nitrogens with one attached hydrogen (secondary N) is 2. The minimum atomic E-state index is -0.283. The number of carbonyl (C=O) groups excluding carboxylic acids is 2. The number of ether oxygens (including phenoxy) is 1. The van der Waals surface area contributed by atoms with E-state index in [9.17, 15) is 9.59 Å². The normalized spacial score (nSPS) is 15.0. The highest BCUT2D eigenvalue weighted by molar-refractivity contribution is 6.30. The van der Waals surface area contributed by atoms with E-state index >= 15 is 0 Å². The molecule has 1 aliphatic heterocycles. The Hall–Kier alpha value is -1.99. The van der Waals surface area contributed by atoms with Crippen molar-refractivity contribution in [3.05, 3.63) is 34.9 Å². The maximum atomic E-state index is 11.8. The quantitative estimate of drug-likeness (QED) is 0.841. The number of nitrogens with zero attached hydrogens (tertiary/aromatic N) is 2. The first-order valence-corrected chi connectivity index (χ1v) is 8.27. The van der Waals surface area contributed by atoms with Gasteiger partial charge in [0.2, 0.25) is 0 Å². The molecular weight excluding hydrogens is 332 g/mol. The van der Waals surface area contributed by atoms with Gasteiger partial charge < -0.3 is 20.3 Å². The van der Waals surface area contributed by atoms with Crippen LogP contribution in [0.3, 0.4) is 0 Å². The van der Waals surface area contributed by atoms with Gasteiger partial charge in [-0.1, -0.05) is 23.7 Å². The molecule has 0 aromatic heterocycles. The number of hydrogen-bond acceptors (Lipinski definition) is 4. The van der Waals surface area contributed by atoms with Crippen molar-refractivity contribution in [2.24, 2.45) is 0 Å². The van der Waals surface area contributed by atoms with Crippen LogP contribution >= 0.6 is 11.6 Å². The number of hydrogen-bond donors (Lipinski definition) is 2. The summed E-state index contributed by atoms with van der Waals surface area (Å²) in [5.74, 6) is 0. The van der Waals surface area contributed by atoms with Gasteiger partial charge in [-0.25, -0.2) is 9.59 Å². The number of amides is 3. The van der Waals surface area contributed by atoms with Crippen molar-refractivity contribution in [3.8, 4) is 0 Å². The summed E-state index contributed by atoms with van der Waals surface area (Å²) in [6.07, 6.45) is -0.283. The van der Waals surface area contributed by atoms with E-state index in [0.717, 1.165) is 25.2 Å². The van der Waals surface area contributed by atoms with Crippen LogP contribution in [0.5, 0.6) is 0 Å². The molecule has 0 atom stereocenters. The van der Waals surface area contributed by atoms with Crippen molar-refractivity contribution in [1.29, 1.82) is 0 Å². The third-order valence-electron chi connectivity index (χ3n) is 3.89. The number of piperazine rings is 1. The molecule has 1 saturated heterocycles. The van der Waals surface area contributed by atoms with E-state index < -0.39 is 0 Å². The van der Waals surface area contributed by atoms with Crippen molar-refractivity contribution < 1.29 is 14.3 Å². The first-order chi connectivity index (χ1) is 11.6. The molecule has 7 nitrogen and oxygen atoms in total. The van der Waals surface area contributed by atoms with Crippen LogP contribution in [0.1, 0.15) is 5.56 Å². The van der Waals surface area contributed by atoms with Crippen molar-refractivity contribution in [2.75, 3.05) is 46.4 Å². The molecule has 1 heterocycles. The molecule has 1 aromatic rings.